The third-order valence-electron chi connectivity index (χ3n) is 6.15. The Hall–Kier alpha value is -2.70. The lowest BCUT2D eigenvalue weighted by molar-refractivity contribution is -0.128. The Morgan fingerprint density at radius 1 is 1.23 bits per heavy atom. The Bertz CT molecular complexity index is 945. The maximum Gasteiger partial charge on any atom is 0.233 e. The smallest absolute Gasteiger partial charge is 0.233 e. The molecule has 0 radical (unpaired) electrons. The van der Waals surface area contributed by atoms with Crippen LogP contribution in [0.2, 0.25) is 0 Å². The topological polar surface area (TPSA) is 63.2 Å². The fourth-order valence-electron chi connectivity index (χ4n) is 4.82. The van der Waals surface area contributed by atoms with Crippen LogP contribution in [0.1, 0.15) is 62.3 Å². The number of amides is 1. The van der Waals surface area contributed by atoms with Gasteiger partial charge in [0, 0.05) is 30.9 Å². The number of benzene rings is 1. The number of Topliss-reactive ketones (excluding diaryl/α,β-unsaturated/α-hetero) is 1. The van der Waals surface area contributed by atoms with Crippen molar-refractivity contribution in [1.29, 1.82) is 0 Å². The third kappa shape index (κ3) is 4.25. The van der Waals surface area contributed by atoms with Crippen molar-refractivity contribution in [3.8, 4) is 0 Å². The highest BCUT2D eigenvalue weighted by molar-refractivity contribution is 6.00. The second-order valence-electron chi connectivity index (χ2n) is 8.19. The van der Waals surface area contributed by atoms with Crippen molar-refractivity contribution < 1.29 is 18.4 Å². The lowest BCUT2D eigenvalue weighted by Gasteiger charge is -2.36. The van der Waals surface area contributed by atoms with E-state index in [0.717, 1.165) is 25.3 Å². The van der Waals surface area contributed by atoms with Gasteiger partial charge < -0.3 is 4.90 Å². The van der Waals surface area contributed by atoms with Gasteiger partial charge in [-0.25, -0.2) is 18.7 Å². The number of carbonyl (C=O) groups is 2. The minimum absolute atomic E-state index is 0. The fraction of sp³-hybridized carbons (Fsp3) is 0.478. The molecule has 2 atom stereocenters. The van der Waals surface area contributed by atoms with Crippen molar-refractivity contribution in [2.24, 2.45) is 11.3 Å². The average Bonchev–Trinajstić information content (AvgIpc) is 2.97. The first kappa shape index (κ1) is 22.0. The Morgan fingerprint density at radius 3 is 2.67 bits per heavy atom. The van der Waals surface area contributed by atoms with E-state index in [9.17, 15) is 18.4 Å². The van der Waals surface area contributed by atoms with Crippen LogP contribution in [0.5, 0.6) is 0 Å². The molecule has 2 aliphatic rings. The molecule has 1 amide bonds. The van der Waals surface area contributed by atoms with Gasteiger partial charge in [0.15, 0.2) is 5.78 Å². The molecular formula is C23H27F2N3O2. The van der Waals surface area contributed by atoms with Crippen molar-refractivity contribution in [3.05, 3.63) is 53.6 Å². The van der Waals surface area contributed by atoms with Crippen LogP contribution in [-0.4, -0.2) is 28.2 Å². The SMILES string of the molecule is C.Cc1nccc(C(=O)C[C@@H]2CCC[C@@]3(CCN(c4cc(F)cc(F)c4)C3=O)C2)n1. The molecule has 5 nitrogen and oxygen atoms in total. The van der Waals surface area contributed by atoms with E-state index < -0.39 is 17.0 Å². The molecule has 0 unspecified atom stereocenters. The van der Waals surface area contributed by atoms with Crippen molar-refractivity contribution in [1.82, 2.24) is 9.97 Å². The van der Waals surface area contributed by atoms with Crippen LogP contribution in [0, 0.1) is 29.9 Å². The zero-order valence-electron chi connectivity index (χ0n) is 16.3. The molecule has 7 heteroatoms. The van der Waals surface area contributed by atoms with E-state index in [2.05, 4.69) is 9.97 Å². The van der Waals surface area contributed by atoms with Gasteiger partial charge in [-0.15, -0.1) is 0 Å². The standard InChI is InChI=1S/C22H23F2N3O2.CH4/c1-14-25-7-4-19(26-14)20(28)9-15-3-2-5-22(13-15)6-8-27(21(22)29)18-11-16(23)10-17(24)12-18;/h4,7,10-12,15H,2-3,5-6,8-9,13H2,1H3;1H4/t15-,22+;/m0./s1. The number of aryl methyl sites for hydroxylation is 1. The van der Waals surface area contributed by atoms with Gasteiger partial charge in [0.05, 0.1) is 5.41 Å². The van der Waals surface area contributed by atoms with Crippen LogP contribution >= 0.6 is 0 Å². The van der Waals surface area contributed by atoms with Crippen LogP contribution < -0.4 is 4.90 Å². The zero-order valence-corrected chi connectivity index (χ0v) is 16.3. The van der Waals surface area contributed by atoms with E-state index in [1.165, 1.54) is 17.0 Å². The first-order chi connectivity index (χ1) is 13.9. The lowest BCUT2D eigenvalue weighted by atomic mass is 9.67. The van der Waals surface area contributed by atoms with Crippen molar-refractivity contribution >= 4 is 17.4 Å². The molecule has 1 aliphatic carbocycles. The first-order valence-electron chi connectivity index (χ1n) is 9.97. The Kier molecular flexibility index (Phi) is 6.29. The van der Waals surface area contributed by atoms with E-state index in [1.54, 1.807) is 19.2 Å². The van der Waals surface area contributed by atoms with Crippen LogP contribution in [0.3, 0.4) is 0 Å². The maximum atomic E-state index is 13.6. The van der Waals surface area contributed by atoms with Crippen LogP contribution in [0.4, 0.5) is 14.5 Å². The van der Waals surface area contributed by atoms with Gasteiger partial charge in [-0.2, -0.15) is 0 Å². The minimum Gasteiger partial charge on any atom is -0.312 e. The molecule has 30 heavy (non-hydrogen) atoms. The minimum atomic E-state index is -0.694. The van der Waals surface area contributed by atoms with Gasteiger partial charge in [0.2, 0.25) is 5.91 Å². The van der Waals surface area contributed by atoms with Gasteiger partial charge in [-0.05, 0) is 56.7 Å². The summed E-state index contributed by atoms with van der Waals surface area (Å²) in [6, 6.07) is 4.81. The number of aromatic nitrogens is 2. The highest BCUT2D eigenvalue weighted by Crippen LogP contribution is 2.48. The molecular weight excluding hydrogens is 388 g/mol. The fourth-order valence-corrected chi connectivity index (χ4v) is 4.82. The third-order valence-corrected chi connectivity index (χ3v) is 6.15. The molecule has 2 aromatic rings. The largest absolute Gasteiger partial charge is 0.312 e. The van der Waals surface area contributed by atoms with Crippen molar-refractivity contribution in [2.45, 2.75) is 52.9 Å². The summed E-state index contributed by atoms with van der Waals surface area (Å²) in [4.78, 5) is 35.6. The number of rotatable bonds is 4. The van der Waals surface area contributed by atoms with Gasteiger partial charge in [-0.1, -0.05) is 13.8 Å². The Labute approximate surface area is 175 Å². The van der Waals surface area contributed by atoms with E-state index in [4.69, 9.17) is 0 Å². The predicted molar refractivity (Wildman–Crippen MR) is 110 cm³/mol. The van der Waals surface area contributed by atoms with Gasteiger partial charge in [0.25, 0.3) is 0 Å². The number of ketones is 1. The summed E-state index contributed by atoms with van der Waals surface area (Å²) < 4.78 is 27.2. The summed E-state index contributed by atoms with van der Waals surface area (Å²) in [6.45, 7) is 2.18. The summed E-state index contributed by atoms with van der Waals surface area (Å²) in [5.74, 6) is -0.855. The average molecular weight is 415 g/mol. The molecule has 0 N–H and O–H groups in total. The maximum absolute atomic E-state index is 13.6. The molecule has 1 spiro atoms. The van der Waals surface area contributed by atoms with Crippen LogP contribution in [0.15, 0.2) is 30.5 Å². The monoisotopic (exact) mass is 415 g/mol. The number of nitrogens with zero attached hydrogens (tertiary/aromatic N) is 3. The zero-order chi connectivity index (χ0) is 20.6. The molecule has 1 saturated carbocycles. The van der Waals surface area contributed by atoms with Gasteiger partial charge in [0.1, 0.15) is 23.2 Å². The lowest BCUT2D eigenvalue weighted by Crippen LogP contribution is -2.38. The summed E-state index contributed by atoms with van der Waals surface area (Å²) in [7, 11) is 0. The molecule has 2 heterocycles. The first-order valence-corrected chi connectivity index (χ1v) is 9.97. The molecule has 1 aromatic heterocycles. The van der Waals surface area contributed by atoms with E-state index >= 15 is 0 Å². The molecule has 4 rings (SSSR count). The second-order valence-corrected chi connectivity index (χ2v) is 8.19. The van der Waals surface area contributed by atoms with Crippen LogP contribution in [-0.2, 0) is 4.79 Å². The van der Waals surface area contributed by atoms with Crippen molar-refractivity contribution in [3.63, 3.8) is 0 Å². The van der Waals surface area contributed by atoms with Crippen molar-refractivity contribution in [2.75, 3.05) is 11.4 Å². The van der Waals surface area contributed by atoms with E-state index in [0.29, 0.717) is 37.3 Å². The molecule has 1 aromatic carbocycles. The summed E-state index contributed by atoms with van der Waals surface area (Å²) in [5, 5.41) is 0. The molecule has 2 fully saturated rings. The highest BCUT2D eigenvalue weighted by atomic mass is 19.1. The van der Waals surface area contributed by atoms with Crippen LogP contribution in [0.25, 0.3) is 0 Å². The van der Waals surface area contributed by atoms with E-state index in [1.807, 2.05) is 0 Å². The summed E-state index contributed by atoms with van der Waals surface area (Å²) in [5.41, 5.74) is 0.124. The quantitative estimate of drug-likeness (QED) is 0.668. The van der Waals surface area contributed by atoms with Gasteiger partial charge >= 0.3 is 0 Å². The Balaban J connectivity index is 0.00000256. The normalized spacial score (nSPS) is 23.5. The predicted octanol–water partition coefficient (Wildman–Crippen LogP) is 4.89. The van der Waals surface area contributed by atoms with Gasteiger partial charge in [-0.3, -0.25) is 9.59 Å². The number of hydrogen-bond acceptors (Lipinski definition) is 4. The number of hydrogen-bond donors (Lipinski definition) is 0. The number of halogens is 2. The number of carbonyl (C=O) groups excluding carboxylic acids is 2. The molecule has 1 saturated heterocycles. The second kappa shape index (κ2) is 8.58. The summed E-state index contributed by atoms with van der Waals surface area (Å²) >= 11 is 0. The Morgan fingerprint density at radius 2 is 1.97 bits per heavy atom. The number of anilines is 1. The summed E-state index contributed by atoms with van der Waals surface area (Å²) in [6.07, 6.45) is 5.68. The van der Waals surface area contributed by atoms with E-state index in [-0.39, 0.29) is 30.7 Å². The molecule has 0 bridgehead atoms. The molecule has 1 aliphatic heterocycles. The highest BCUT2D eigenvalue weighted by Gasteiger charge is 2.49. The molecule has 160 valence electrons.